The van der Waals surface area contributed by atoms with Gasteiger partial charge in [0.1, 0.15) is 6.61 Å². The topological polar surface area (TPSA) is 77.4 Å². The molecule has 0 aliphatic rings. The van der Waals surface area contributed by atoms with Crippen LogP contribution in [0.25, 0.3) is 10.8 Å². The molecule has 3 rings (SSSR count). The SMILES string of the molecule is CC(=O)OCCn1ccc2c(NC(=O)Cc3ccc(Cl)c(C(F)(F)F)c3)cccc2c1=O. The zero-order valence-corrected chi connectivity index (χ0v) is 17.6. The van der Waals surface area contributed by atoms with Crippen LogP contribution in [-0.2, 0) is 33.5 Å². The summed E-state index contributed by atoms with van der Waals surface area (Å²) in [5.41, 5.74) is -0.851. The second-order valence-corrected chi connectivity index (χ2v) is 7.37. The standard InChI is InChI=1S/C22H18ClF3N2O4/c1-13(29)32-10-9-28-8-7-15-16(21(28)31)3-2-4-19(15)27-20(30)12-14-5-6-18(23)17(11-14)22(24,25)26/h2-8,11H,9-10,12H2,1H3,(H,27,30). The Morgan fingerprint density at radius 1 is 1.12 bits per heavy atom. The van der Waals surface area contributed by atoms with E-state index >= 15 is 0 Å². The summed E-state index contributed by atoms with van der Waals surface area (Å²) in [5.74, 6) is -1.00. The Labute approximate surface area is 185 Å². The number of carbonyl (C=O) groups excluding carboxylic acids is 2. The summed E-state index contributed by atoms with van der Waals surface area (Å²) in [6, 6.07) is 9.68. The van der Waals surface area contributed by atoms with E-state index in [1.54, 1.807) is 24.3 Å². The van der Waals surface area contributed by atoms with E-state index < -0.39 is 28.6 Å². The van der Waals surface area contributed by atoms with Gasteiger partial charge in [0.05, 0.1) is 23.6 Å². The molecule has 0 saturated carbocycles. The molecule has 0 aliphatic heterocycles. The first-order chi connectivity index (χ1) is 15.1. The molecule has 1 amide bonds. The van der Waals surface area contributed by atoms with Crippen molar-refractivity contribution in [1.82, 2.24) is 4.57 Å². The number of halogens is 4. The summed E-state index contributed by atoms with van der Waals surface area (Å²) in [5, 5.41) is 3.00. The summed E-state index contributed by atoms with van der Waals surface area (Å²) in [4.78, 5) is 36.0. The molecule has 6 nitrogen and oxygen atoms in total. The maximum absolute atomic E-state index is 13.0. The van der Waals surface area contributed by atoms with Gasteiger partial charge in [0.2, 0.25) is 5.91 Å². The molecule has 0 saturated heterocycles. The van der Waals surface area contributed by atoms with Crippen molar-refractivity contribution >= 4 is 39.9 Å². The van der Waals surface area contributed by atoms with Crippen LogP contribution in [0.4, 0.5) is 18.9 Å². The number of hydrogen-bond donors (Lipinski definition) is 1. The first-order valence-electron chi connectivity index (χ1n) is 9.47. The van der Waals surface area contributed by atoms with Crippen molar-refractivity contribution in [1.29, 1.82) is 0 Å². The minimum absolute atomic E-state index is 0.0399. The van der Waals surface area contributed by atoms with Crippen LogP contribution in [0.5, 0.6) is 0 Å². The molecule has 1 heterocycles. The van der Waals surface area contributed by atoms with Crippen LogP contribution in [0.2, 0.25) is 5.02 Å². The summed E-state index contributed by atoms with van der Waals surface area (Å²) >= 11 is 5.61. The molecule has 0 aliphatic carbocycles. The van der Waals surface area contributed by atoms with Crippen molar-refractivity contribution in [2.75, 3.05) is 11.9 Å². The Morgan fingerprint density at radius 2 is 1.88 bits per heavy atom. The van der Waals surface area contributed by atoms with Crippen LogP contribution >= 0.6 is 11.6 Å². The average molecular weight is 467 g/mol. The van der Waals surface area contributed by atoms with Gasteiger partial charge in [-0.2, -0.15) is 13.2 Å². The number of hydrogen-bond acceptors (Lipinski definition) is 4. The van der Waals surface area contributed by atoms with E-state index in [9.17, 15) is 27.6 Å². The van der Waals surface area contributed by atoms with Crippen molar-refractivity contribution in [2.45, 2.75) is 26.1 Å². The number of alkyl halides is 3. The highest BCUT2D eigenvalue weighted by molar-refractivity contribution is 6.31. The molecule has 0 bridgehead atoms. The number of carbonyl (C=O) groups is 2. The maximum atomic E-state index is 13.0. The fraction of sp³-hybridized carbons (Fsp3) is 0.227. The number of esters is 1. The van der Waals surface area contributed by atoms with Crippen molar-refractivity contribution in [3.63, 3.8) is 0 Å². The summed E-state index contributed by atoms with van der Waals surface area (Å²) in [6.45, 7) is 1.48. The van der Waals surface area contributed by atoms with E-state index in [4.69, 9.17) is 16.3 Å². The lowest BCUT2D eigenvalue weighted by molar-refractivity contribution is -0.141. The van der Waals surface area contributed by atoms with Gasteiger partial charge in [-0.05, 0) is 35.9 Å². The molecule has 10 heteroatoms. The van der Waals surface area contributed by atoms with Gasteiger partial charge in [-0.15, -0.1) is 0 Å². The third-order valence-corrected chi connectivity index (χ3v) is 4.96. The van der Waals surface area contributed by atoms with E-state index in [-0.39, 0.29) is 30.7 Å². The van der Waals surface area contributed by atoms with Gasteiger partial charge in [0.15, 0.2) is 0 Å². The Balaban J connectivity index is 1.80. The molecule has 1 aromatic heterocycles. The molecule has 1 N–H and O–H groups in total. The quantitative estimate of drug-likeness (QED) is 0.546. The van der Waals surface area contributed by atoms with Gasteiger partial charge in [-0.1, -0.05) is 23.7 Å². The summed E-state index contributed by atoms with van der Waals surface area (Å²) in [6.07, 6.45) is -3.43. The zero-order valence-electron chi connectivity index (χ0n) is 16.8. The second-order valence-electron chi connectivity index (χ2n) is 6.96. The second kappa shape index (κ2) is 9.44. The average Bonchev–Trinajstić information content (AvgIpc) is 2.70. The van der Waals surface area contributed by atoms with Crippen molar-refractivity contribution in [3.05, 3.63) is 75.2 Å². The van der Waals surface area contributed by atoms with E-state index in [0.717, 1.165) is 12.1 Å². The highest BCUT2D eigenvalue weighted by Crippen LogP contribution is 2.35. The fourth-order valence-corrected chi connectivity index (χ4v) is 3.40. The van der Waals surface area contributed by atoms with Gasteiger partial charge in [0.25, 0.3) is 5.56 Å². The highest BCUT2D eigenvalue weighted by Gasteiger charge is 2.33. The first-order valence-corrected chi connectivity index (χ1v) is 9.85. The number of pyridine rings is 1. The molecule has 3 aromatic rings. The van der Waals surface area contributed by atoms with E-state index in [0.29, 0.717) is 16.5 Å². The molecule has 0 fully saturated rings. The van der Waals surface area contributed by atoms with Gasteiger partial charge >= 0.3 is 12.1 Å². The number of amides is 1. The Hall–Kier alpha value is -3.33. The van der Waals surface area contributed by atoms with E-state index in [2.05, 4.69) is 5.32 Å². The summed E-state index contributed by atoms with van der Waals surface area (Å²) in [7, 11) is 0. The van der Waals surface area contributed by atoms with E-state index in [1.807, 2.05) is 0 Å². The number of aromatic nitrogens is 1. The number of nitrogens with zero attached hydrogens (tertiary/aromatic N) is 1. The van der Waals surface area contributed by atoms with E-state index in [1.165, 1.54) is 23.8 Å². The number of fused-ring (bicyclic) bond motifs is 1. The van der Waals surface area contributed by atoms with Crippen LogP contribution < -0.4 is 10.9 Å². The highest BCUT2D eigenvalue weighted by atomic mass is 35.5. The van der Waals surface area contributed by atoms with Crippen molar-refractivity contribution < 1.29 is 27.5 Å². The molecule has 0 atom stereocenters. The van der Waals surface area contributed by atoms with Crippen molar-refractivity contribution in [3.8, 4) is 0 Å². The first kappa shape index (κ1) is 23.3. The molecule has 0 spiro atoms. The molecule has 2 aromatic carbocycles. The smallest absolute Gasteiger partial charge is 0.417 e. The van der Waals surface area contributed by atoms with Gasteiger partial charge in [-0.3, -0.25) is 14.4 Å². The minimum atomic E-state index is -4.63. The lowest BCUT2D eigenvalue weighted by Crippen LogP contribution is -2.23. The van der Waals surface area contributed by atoms with Crippen LogP contribution in [0.15, 0.2) is 53.5 Å². The molecular weight excluding hydrogens is 449 g/mol. The summed E-state index contributed by atoms with van der Waals surface area (Å²) < 4.78 is 45.3. The molecule has 32 heavy (non-hydrogen) atoms. The van der Waals surface area contributed by atoms with Crippen LogP contribution in [0, 0.1) is 0 Å². The zero-order chi connectivity index (χ0) is 23.5. The predicted octanol–water partition coefficient (Wildman–Crippen LogP) is 4.42. The maximum Gasteiger partial charge on any atom is 0.417 e. The van der Waals surface area contributed by atoms with Gasteiger partial charge in [-0.25, -0.2) is 0 Å². The third kappa shape index (κ3) is 5.47. The lowest BCUT2D eigenvalue weighted by Gasteiger charge is -2.13. The third-order valence-electron chi connectivity index (χ3n) is 4.63. The Bertz CT molecular complexity index is 1240. The monoisotopic (exact) mass is 466 g/mol. The molecule has 168 valence electrons. The fourth-order valence-electron chi connectivity index (χ4n) is 3.17. The Kier molecular flexibility index (Phi) is 6.88. The molecule has 0 unspecified atom stereocenters. The van der Waals surface area contributed by atoms with Crippen LogP contribution in [-0.4, -0.2) is 23.1 Å². The van der Waals surface area contributed by atoms with Crippen LogP contribution in [0.3, 0.4) is 0 Å². The minimum Gasteiger partial charge on any atom is -0.464 e. The number of nitrogens with one attached hydrogen (secondary N) is 1. The normalized spacial score (nSPS) is 11.4. The van der Waals surface area contributed by atoms with Gasteiger partial charge in [0, 0.05) is 29.6 Å². The van der Waals surface area contributed by atoms with Gasteiger partial charge < -0.3 is 14.6 Å². The predicted molar refractivity (Wildman–Crippen MR) is 114 cm³/mol. The largest absolute Gasteiger partial charge is 0.464 e. The molecular formula is C22H18ClF3N2O4. The number of anilines is 1. The van der Waals surface area contributed by atoms with Crippen LogP contribution in [0.1, 0.15) is 18.1 Å². The number of benzene rings is 2. The Morgan fingerprint density at radius 3 is 2.56 bits per heavy atom. The molecule has 0 radical (unpaired) electrons. The van der Waals surface area contributed by atoms with Crippen molar-refractivity contribution in [2.24, 2.45) is 0 Å². The lowest BCUT2D eigenvalue weighted by atomic mass is 10.1. The number of ether oxygens (including phenoxy) is 1. The number of rotatable bonds is 6.